The van der Waals surface area contributed by atoms with Gasteiger partial charge in [0.25, 0.3) is 0 Å². The smallest absolute Gasteiger partial charge is 0.195 e. The van der Waals surface area contributed by atoms with Crippen molar-refractivity contribution in [3.05, 3.63) is 54.4 Å². The van der Waals surface area contributed by atoms with Gasteiger partial charge in [0.2, 0.25) is 0 Å². The third-order valence-corrected chi connectivity index (χ3v) is 4.82. The van der Waals surface area contributed by atoms with Crippen LogP contribution in [0.15, 0.2) is 52.9 Å². The largest absolute Gasteiger partial charge is 0.497 e. The highest BCUT2D eigenvalue weighted by atomic mass is 16.5. The topological polar surface area (TPSA) is 76.8 Å². The zero-order chi connectivity index (χ0) is 20.5. The molecule has 29 heavy (non-hydrogen) atoms. The summed E-state index contributed by atoms with van der Waals surface area (Å²) in [6, 6.07) is 15.7. The average molecular weight is 396 g/mol. The maximum Gasteiger partial charge on any atom is 0.195 e. The Morgan fingerprint density at radius 1 is 0.828 bits per heavy atom. The van der Waals surface area contributed by atoms with Crippen LogP contribution in [-0.4, -0.2) is 31.0 Å². The third-order valence-electron chi connectivity index (χ3n) is 4.82. The van der Waals surface area contributed by atoms with E-state index in [1.165, 1.54) is 0 Å². The van der Waals surface area contributed by atoms with Crippen molar-refractivity contribution in [1.82, 2.24) is 10.5 Å². The van der Waals surface area contributed by atoms with Crippen LogP contribution in [0.3, 0.4) is 0 Å². The summed E-state index contributed by atoms with van der Waals surface area (Å²) in [6.45, 7) is 0.627. The summed E-state index contributed by atoms with van der Waals surface area (Å²) in [5, 5.41) is 8.63. The number of oxazole rings is 1. The molecule has 0 aliphatic carbocycles. The summed E-state index contributed by atoms with van der Waals surface area (Å²) in [4.78, 5) is 4.80. The Balaban J connectivity index is 1.82. The number of benzene rings is 2. The van der Waals surface area contributed by atoms with Crippen LogP contribution >= 0.6 is 0 Å². The van der Waals surface area contributed by atoms with Crippen LogP contribution < -0.4 is 15.0 Å². The third kappa shape index (κ3) is 5.59. The molecule has 0 bridgehead atoms. The predicted molar refractivity (Wildman–Crippen MR) is 112 cm³/mol. The standard InChI is InChI=1S/C23H28N2O4/c1-27-19-12-8-17(9-13-19)22-23(18-10-14-20(28-2)15-11-18)29-21(25-22)7-5-3-4-6-16-24-26/h8-15,24,26H,3-7,16H2,1-2H3. The second kappa shape index (κ2) is 10.6. The molecule has 2 aromatic carbocycles. The van der Waals surface area contributed by atoms with Crippen molar-refractivity contribution in [2.75, 3.05) is 20.8 Å². The first-order valence-corrected chi connectivity index (χ1v) is 9.90. The van der Waals surface area contributed by atoms with E-state index in [1.807, 2.05) is 48.5 Å². The summed E-state index contributed by atoms with van der Waals surface area (Å²) in [7, 11) is 3.31. The zero-order valence-electron chi connectivity index (χ0n) is 17.0. The first-order valence-electron chi connectivity index (χ1n) is 9.90. The molecule has 0 saturated carbocycles. The lowest BCUT2D eigenvalue weighted by Crippen LogP contribution is -2.07. The number of nitrogens with one attached hydrogen (secondary N) is 1. The average Bonchev–Trinajstić information content (AvgIpc) is 3.20. The molecule has 6 heteroatoms. The maximum absolute atomic E-state index is 8.63. The number of methoxy groups -OCH3 is 2. The SMILES string of the molecule is COc1ccc(-c2nc(CCCCCCNO)oc2-c2ccc(OC)cc2)cc1. The molecule has 6 nitrogen and oxygen atoms in total. The van der Waals surface area contributed by atoms with E-state index in [4.69, 9.17) is 24.1 Å². The summed E-state index contributed by atoms with van der Waals surface area (Å²) >= 11 is 0. The summed E-state index contributed by atoms with van der Waals surface area (Å²) in [6.07, 6.45) is 4.86. The number of ether oxygens (including phenoxy) is 2. The summed E-state index contributed by atoms with van der Waals surface area (Å²) < 4.78 is 16.7. The molecule has 0 amide bonds. The van der Waals surface area contributed by atoms with Crippen molar-refractivity contribution in [2.24, 2.45) is 0 Å². The van der Waals surface area contributed by atoms with Gasteiger partial charge in [-0.2, -0.15) is 0 Å². The van der Waals surface area contributed by atoms with E-state index in [0.29, 0.717) is 6.54 Å². The monoisotopic (exact) mass is 396 g/mol. The molecule has 1 aromatic heterocycles. The van der Waals surface area contributed by atoms with Gasteiger partial charge in [-0.15, -0.1) is 0 Å². The fourth-order valence-electron chi connectivity index (χ4n) is 3.19. The van der Waals surface area contributed by atoms with Crippen LogP contribution in [-0.2, 0) is 6.42 Å². The molecule has 154 valence electrons. The molecule has 0 radical (unpaired) electrons. The van der Waals surface area contributed by atoms with Crippen LogP contribution in [0.2, 0.25) is 0 Å². The second-order valence-electron chi connectivity index (χ2n) is 6.81. The lowest BCUT2D eigenvalue weighted by molar-refractivity contribution is 0.164. The minimum Gasteiger partial charge on any atom is -0.497 e. The number of hydrogen-bond donors (Lipinski definition) is 2. The first-order chi connectivity index (χ1) is 14.2. The van der Waals surface area contributed by atoms with Crippen LogP contribution in [0.5, 0.6) is 11.5 Å². The Morgan fingerprint density at radius 2 is 1.41 bits per heavy atom. The van der Waals surface area contributed by atoms with Crippen molar-refractivity contribution in [3.63, 3.8) is 0 Å². The van der Waals surface area contributed by atoms with Crippen molar-refractivity contribution < 1.29 is 19.1 Å². The molecular weight excluding hydrogens is 368 g/mol. The highest BCUT2D eigenvalue weighted by Gasteiger charge is 2.17. The molecule has 3 rings (SSSR count). The number of nitrogens with zero attached hydrogens (tertiary/aromatic N) is 1. The minimum absolute atomic E-state index is 0.627. The first kappa shape index (κ1) is 20.9. The van der Waals surface area contributed by atoms with Gasteiger partial charge in [-0.05, 0) is 61.4 Å². The molecule has 0 saturated heterocycles. The molecule has 2 N–H and O–H groups in total. The number of hydrogen-bond acceptors (Lipinski definition) is 6. The lowest BCUT2D eigenvalue weighted by Gasteiger charge is -2.04. The van der Waals surface area contributed by atoms with E-state index < -0.39 is 0 Å². The van der Waals surface area contributed by atoms with Crippen LogP contribution in [0, 0.1) is 0 Å². The highest BCUT2D eigenvalue weighted by Crippen LogP contribution is 2.34. The quantitative estimate of drug-likeness (QED) is 0.347. The van der Waals surface area contributed by atoms with Crippen molar-refractivity contribution in [3.8, 4) is 34.1 Å². The molecule has 0 aliphatic rings. The van der Waals surface area contributed by atoms with Gasteiger partial charge in [0.1, 0.15) is 17.2 Å². The normalized spacial score (nSPS) is 10.9. The van der Waals surface area contributed by atoms with E-state index in [9.17, 15) is 0 Å². The van der Waals surface area contributed by atoms with E-state index >= 15 is 0 Å². The van der Waals surface area contributed by atoms with Gasteiger partial charge in [-0.1, -0.05) is 12.8 Å². The van der Waals surface area contributed by atoms with Crippen molar-refractivity contribution in [2.45, 2.75) is 32.1 Å². The fraction of sp³-hybridized carbons (Fsp3) is 0.348. The highest BCUT2D eigenvalue weighted by molar-refractivity contribution is 5.77. The fourth-order valence-corrected chi connectivity index (χ4v) is 3.19. The van der Waals surface area contributed by atoms with Crippen LogP contribution in [0.25, 0.3) is 22.6 Å². The number of unbranched alkanes of at least 4 members (excludes halogenated alkanes) is 3. The number of aromatic nitrogens is 1. The molecule has 1 heterocycles. The van der Waals surface area contributed by atoms with Crippen LogP contribution in [0.1, 0.15) is 31.6 Å². The van der Waals surface area contributed by atoms with Crippen molar-refractivity contribution >= 4 is 0 Å². The van der Waals surface area contributed by atoms with E-state index in [0.717, 1.165) is 72.1 Å². The van der Waals surface area contributed by atoms with Gasteiger partial charge >= 0.3 is 0 Å². The minimum atomic E-state index is 0.627. The van der Waals surface area contributed by atoms with E-state index in [1.54, 1.807) is 14.2 Å². The molecule has 0 fully saturated rings. The Kier molecular flexibility index (Phi) is 7.67. The van der Waals surface area contributed by atoms with Gasteiger partial charge in [0, 0.05) is 24.1 Å². The van der Waals surface area contributed by atoms with Gasteiger partial charge < -0.3 is 19.1 Å². The van der Waals surface area contributed by atoms with Gasteiger partial charge in [-0.3, -0.25) is 0 Å². The van der Waals surface area contributed by atoms with E-state index in [-0.39, 0.29) is 0 Å². The van der Waals surface area contributed by atoms with Gasteiger partial charge in [0.15, 0.2) is 11.7 Å². The zero-order valence-corrected chi connectivity index (χ0v) is 17.0. The molecule has 0 atom stereocenters. The molecule has 0 spiro atoms. The number of hydroxylamine groups is 1. The van der Waals surface area contributed by atoms with Gasteiger partial charge in [-0.25, -0.2) is 10.5 Å². The molecular formula is C23H28N2O4. The molecule has 0 aliphatic heterocycles. The lowest BCUT2D eigenvalue weighted by atomic mass is 10.1. The number of rotatable bonds is 11. The summed E-state index contributed by atoms with van der Waals surface area (Å²) in [5.74, 6) is 3.11. The predicted octanol–water partition coefficient (Wildman–Crippen LogP) is 5.11. The Morgan fingerprint density at radius 3 is 2.00 bits per heavy atom. The second-order valence-corrected chi connectivity index (χ2v) is 6.81. The number of aryl methyl sites for hydroxylation is 1. The Labute approximate surface area is 171 Å². The van der Waals surface area contributed by atoms with Gasteiger partial charge in [0.05, 0.1) is 14.2 Å². The Hall–Kier alpha value is -2.83. The summed E-state index contributed by atoms with van der Waals surface area (Å²) in [5.41, 5.74) is 4.97. The molecule has 0 unspecified atom stereocenters. The van der Waals surface area contributed by atoms with Crippen LogP contribution in [0.4, 0.5) is 0 Å². The maximum atomic E-state index is 8.63. The van der Waals surface area contributed by atoms with Crippen molar-refractivity contribution in [1.29, 1.82) is 0 Å². The molecule has 3 aromatic rings. The van der Waals surface area contributed by atoms with E-state index in [2.05, 4.69) is 5.48 Å². The Bertz CT molecular complexity index is 808.